The lowest BCUT2D eigenvalue weighted by molar-refractivity contribution is 0.0701. The predicted molar refractivity (Wildman–Crippen MR) is 99.5 cm³/mol. The van der Waals surface area contributed by atoms with Crippen molar-refractivity contribution in [3.05, 3.63) is 69.7 Å². The van der Waals surface area contributed by atoms with Gasteiger partial charge in [-0.2, -0.15) is 5.26 Å². The molecule has 1 N–H and O–H groups in total. The van der Waals surface area contributed by atoms with Crippen LogP contribution in [-0.4, -0.2) is 16.1 Å². The molecule has 3 rings (SSSR count). The molecule has 0 bridgehead atoms. The highest BCUT2D eigenvalue weighted by Crippen LogP contribution is 2.34. The van der Waals surface area contributed by atoms with Gasteiger partial charge in [-0.1, -0.05) is 30.3 Å². The summed E-state index contributed by atoms with van der Waals surface area (Å²) in [7, 11) is 0. The van der Waals surface area contributed by atoms with Gasteiger partial charge < -0.3 is 9.84 Å². The third kappa shape index (κ3) is 3.58. The molecule has 0 amide bonds. The number of nitriles is 1. The summed E-state index contributed by atoms with van der Waals surface area (Å²) in [6.07, 6.45) is 0. The first-order chi connectivity index (χ1) is 12.5. The number of carboxylic acid groups (broad SMARTS) is 1. The zero-order valence-corrected chi connectivity index (χ0v) is 15.1. The first-order valence-corrected chi connectivity index (χ1v) is 8.74. The molecular weight excluding hydrogens is 348 g/mol. The van der Waals surface area contributed by atoms with Crippen LogP contribution in [0.2, 0.25) is 0 Å². The van der Waals surface area contributed by atoms with Gasteiger partial charge in [0.25, 0.3) is 0 Å². The molecule has 0 aliphatic heterocycles. The summed E-state index contributed by atoms with van der Waals surface area (Å²) in [5.74, 6) is -0.460. The number of thiazole rings is 1. The first kappa shape index (κ1) is 17.6. The van der Waals surface area contributed by atoms with E-state index in [4.69, 9.17) is 4.74 Å². The van der Waals surface area contributed by atoms with Crippen molar-refractivity contribution in [1.82, 2.24) is 4.98 Å². The van der Waals surface area contributed by atoms with Crippen LogP contribution in [0.1, 0.15) is 32.1 Å². The largest absolute Gasteiger partial charge is 0.487 e. The van der Waals surface area contributed by atoms with E-state index in [0.29, 0.717) is 34.2 Å². The van der Waals surface area contributed by atoms with Gasteiger partial charge in [0.05, 0.1) is 11.3 Å². The summed E-state index contributed by atoms with van der Waals surface area (Å²) in [5.41, 5.74) is 3.41. The SMILES string of the molecule is Cc1cc(-c2nc(C)c(C(=O)O)s2)cc(C#N)c1OCc1ccccc1. The van der Waals surface area contributed by atoms with Crippen LogP contribution in [0.3, 0.4) is 0 Å². The van der Waals surface area contributed by atoms with Crippen LogP contribution in [0.5, 0.6) is 5.75 Å². The summed E-state index contributed by atoms with van der Waals surface area (Å²) in [4.78, 5) is 15.8. The lowest BCUT2D eigenvalue weighted by Crippen LogP contribution is -1.99. The van der Waals surface area contributed by atoms with E-state index < -0.39 is 5.97 Å². The number of hydrogen-bond acceptors (Lipinski definition) is 5. The number of ether oxygens (including phenoxy) is 1. The minimum absolute atomic E-state index is 0.209. The van der Waals surface area contributed by atoms with E-state index in [-0.39, 0.29) is 4.88 Å². The Hall–Kier alpha value is -3.17. The van der Waals surface area contributed by atoms with Crippen LogP contribution in [0.4, 0.5) is 0 Å². The van der Waals surface area contributed by atoms with Gasteiger partial charge in [0.1, 0.15) is 28.3 Å². The van der Waals surface area contributed by atoms with E-state index in [0.717, 1.165) is 22.5 Å². The topological polar surface area (TPSA) is 83.2 Å². The predicted octanol–water partition coefficient (Wildman–Crippen LogP) is 4.58. The van der Waals surface area contributed by atoms with E-state index in [9.17, 15) is 15.2 Å². The van der Waals surface area contributed by atoms with Crippen molar-refractivity contribution in [2.24, 2.45) is 0 Å². The third-order valence-corrected chi connectivity index (χ3v) is 5.05. The smallest absolute Gasteiger partial charge is 0.347 e. The molecular formula is C20H16N2O3S. The van der Waals surface area contributed by atoms with Gasteiger partial charge in [0.15, 0.2) is 0 Å². The molecule has 2 aromatic carbocycles. The molecule has 0 aliphatic rings. The van der Waals surface area contributed by atoms with E-state index in [1.54, 1.807) is 13.0 Å². The summed E-state index contributed by atoms with van der Waals surface area (Å²) in [5, 5.41) is 19.3. The fraction of sp³-hybridized carbons (Fsp3) is 0.150. The Kier molecular flexibility index (Phi) is 5.01. The van der Waals surface area contributed by atoms with Gasteiger partial charge in [-0.05, 0) is 37.1 Å². The maximum atomic E-state index is 11.2. The normalized spacial score (nSPS) is 10.3. The maximum Gasteiger partial charge on any atom is 0.347 e. The number of hydrogen-bond donors (Lipinski definition) is 1. The number of rotatable bonds is 5. The molecule has 0 fully saturated rings. The Morgan fingerprint density at radius 2 is 2.00 bits per heavy atom. The van der Waals surface area contributed by atoms with E-state index >= 15 is 0 Å². The van der Waals surface area contributed by atoms with Crippen LogP contribution in [-0.2, 0) is 6.61 Å². The number of carbonyl (C=O) groups is 1. The highest BCUT2D eigenvalue weighted by molar-refractivity contribution is 7.17. The highest BCUT2D eigenvalue weighted by Gasteiger charge is 2.17. The van der Waals surface area contributed by atoms with Crippen LogP contribution in [0, 0.1) is 25.2 Å². The number of benzene rings is 2. The van der Waals surface area contributed by atoms with E-state index in [1.807, 2.05) is 43.3 Å². The van der Waals surface area contributed by atoms with Gasteiger partial charge in [0.2, 0.25) is 0 Å². The summed E-state index contributed by atoms with van der Waals surface area (Å²) < 4.78 is 5.87. The van der Waals surface area contributed by atoms with E-state index in [1.165, 1.54) is 0 Å². The average Bonchev–Trinajstić information content (AvgIpc) is 3.03. The van der Waals surface area contributed by atoms with Crippen molar-refractivity contribution in [1.29, 1.82) is 5.26 Å². The molecule has 5 nitrogen and oxygen atoms in total. The molecule has 1 aromatic heterocycles. The fourth-order valence-electron chi connectivity index (χ4n) is 2.62. The Morgan fingerprint density at radius 3 is 2.62 bits per heavy atom. The van der Waals surface area contributed by atoms with Crippen molar-refractivity contribution in [3.63, 3.8) is 0 Å². The minimum Gasteiger partial charge on any atom is -0.487 e. The maximum absolute atomic E-state index is 11.2. The van der Waals surface area contributed by atoms with Gasteiger partial charge in [-0.3, -0.25) is 0 Å². The molecule has 0 aliphatic carbocycles. The Morgan fingerprint density at radius 1 is 1.27 bits per heavy atom. The number of carboxylic acids is 1. The van der Waals surface area contributed by atoms with Crippen molar-refractivity contribution >= 4 is 17.3 Å². The second-order valence-electron chi connectivity index (χ2n) is 5.79. The molecule has 0 spiro atoms. The molecule has 26 heavy (non-hydrogen) atoms. The standard InChI is InChI=1S/C20H16N2O3S/c1-12-8-15(19-22-13(2)18(26-19)20(23)24)9-16(10-21)17(12)25-11-14-6-4-3-5-7-14/h3-9H,11H2,1-2H3,(H,23,24). The Balaban J connectivity index is 1.94. The quantitative estimate of drug-likeness (QED) is 0.717. The number of aromatic nitrogens is 1. The average molecular weight is 364 g/mol. The summed E-state index contributed by atoms with van der Waals surface area (Å²) in [6.45, 7) is 3.90. The van der Waals surface area contributed by atoms with E-state index in [2.05, 4.69) is 11.1 Å². The Bertz CT molecular complexity index is 1000. The van der Waals surface area contributed by atoms with Crippen LogP contribution >= 0.6 is 11.3 Å². The first-order valence-electron chi connectivity index (χ1n) is 7.92. The van der Waals surface area contributed by atoms with Crippen molar-refractivity contribution < 1.29 is 14.6 Å². The molecule has 130 valence electrons. The Labute approximate surface area is 155 Å². The molecule has 3 aromatic rings. The van der Waals surface area contributed by atoms with Gasteiger partial charge >= 0.3 is 5.97 Å². The zero-order chi connectivity index (χ0) is 18.7. The minimum atomic E-state index is -0.994. The van der Waals surface area contributed by atoms with Crippen LogP contribution in [0.15, 0.2) is 42.5 Å². The third-order valence-electron chi connectivity index (χ3n) is 3.86. The van der Waals surface area contributed by atoms with Crippen LogP contribution in [0.25, 0.3) is 10.6 Å². The lowest BCUT2D eigenvalue weighted by atomic mass is 10.1. The summed E-state index contributed by atoms with van der Waals surface area (Å²) >= 11 is 1.10. The zero-order valence-electron chi connectivity index (χ0n) is 14.3. The van der Waals surface area contributed by atoms with Crippen molar-refractivity contribution in [2.45, 2.75) is 20.5 Å². The van der Waals surface area contributed by atoms with Gasteiger partial charge in [0, 0.05) is 5.56 Å². The molecule has 0 saturated heterocycles. The summed E-state index contributed by atoms with van der Waals surface area (Å²) in [6, 6.07) is 15.4. The van der Waals surface area contributed by atoms with Crippen molar-refractivity contribution in [3.8, 4) is 22.4 Å². The van der Waals surface area contributed by atoms with Gasteiger partial charge in [-0.25, -0.2) is 9.78 Å². The lowest BCUT2D eigenvalue weighted by Gasteiger charge is -2.12. The number of aryl methyl sites for hydroxylation is 2. The van der Waals surface area contributed by atoms with Gasteiger partial charge in [-0.15, -0.1) is 11.3 Å². The molecule has 1 heterocycles. The molecule has 6 heteroatoms. The van der Waals surface area contributed by atoms with Crippen molar-refractivity contribution in [2.75, 3.05) is 0 Å². The molecule has 0 atom stereocenters. The number of aromatic carboxylic acids is 1. The fourth-order valence-corrected chi connectivity index (χ4v) is 3.51. The monoisotopic (exact) mass is 364 g/mol. The number of nitrogens with zero attached hydrogens (tertiary/aromatic N) is 2. The van der Waals surface area contributed by atoms with Crippen LogP contribution < -0.4 is 4.74 Å². The highest BCUT2D eigenvalue weighted by atomic mass is 32.1. The molecule has 0 saturated carbocycles. The second kappa shape index (κ2) is 7.38. The molecule has 0 unspecified atom stereocenters. The second-order valence-corrected chi connectivity index (χ2v) is 6.79. The molecule has 0 radical (unpaired) electrons.